The van der Waals surface area contributed by atoms with Gasteiger partial charge in [0.1, 0.15) is 0 Å². The molecule has 24 heavy (non-hydrogen) atoms. The van der Waals surface area contributed by atoms with Crippen LogP contribution in [0.4, 0.5) is 0 Å². The van der Waals surface area contributed by atoms with E-state index in [9.17, 15) is 0 Å². The van der Waals surface area contributed by atoms with E-state index in [2.05, 4.69) is 78.4 Å². The van der Waals surface area contributed by atoms with E-state index in [1.165, 1.54) is 42.5 Å². The predicted octanol–water partition coefficient (Wildman–Crippen LogP) is 4.48. The van der Waals surface area contributed by atoms with Crippen molar-refractivity contribution >= 4 is 0 Å². The first-order chi connectivity index (χ1) is 11.7. The van der Waals surface area contributed by atoms with E-state index < -0.39 is 0 Å². The number of benzene rings is 2. The first kappa shape index (κ1) is 17.2. The third kappa shape index (κ3) is 4.93. The van der Waals surface area contributed by atoms with Crippen molar-refractivity contribution < 1.29 is 0 Å². The predicted molar refractivity (Wildman–Crippen MR) is 102 cm³/mol. The fourth-order valence-corrected chi connectivity index (χ4v) is 3.68. The lowest BCUT2D eigenvalue weighted by molar-refractivity contribution is 0.211. The summed E-state index contributed by atoms with van der Waals surface area (Å²) in [6.45, 7) is 6.65. The molecule has 0 unspecified atom stereocenters. The van der Waals surface area contributed by atoms with Crippen molar-refractivity contribution in [3.8, 4) is 0 Å². The molecule has 128 valence electrons. The maximum absolute atomic E-state index is 2.60. The highest BCUT2D eigenvalue weighted by Gasteiger charge is 2.21. The van der Waals surface area contributed by atoms with Crippen LogP contribution in [0.25, 0.3) is 0 Å². The van der Waals surface area contributed by atoms with Gasteiger partial charge < -0.3 is 4.90 Å². The summed E-state index contributed by atoms with van der Waals surface area (Å²) in [4.78, 5) is 5.14. The standard InChI is InChI=1S/C22H30N2/c1-19-10-12-21(13-11-19)18-24(17-20-7-4-3-5-8-20)16-14-22-9-6-15-23(22)2/h3-5,7-8,10-13,22H,6,9,14-18H2,1-2H3/t22-/m0/s1. The Balaban J connectivity index is 1.64. The average Bonchev–Trinajstić information content (AvgIpc) is 3.01. The second-order valence-corrected chi connectivity index (χ2v) is 7.25. The second kappa shape index (κ2) is 8.46. The first-order valence-corrected chi connectivity index (χ1v) is 9.23. The van der Waals surface area contributed by atoms with Crippen LogP contribution in [0.2, 0.25) is 0 Å². The van der Waals surface area contributed by atoms with Crippen molar-refractivity contribution in [3.63, 3.8) is 0 Å². The zero-order valence-electron chi connectivity index (χ0n) is 15.1. The summed E-state index contributed by atoms with van der Waals surface area (Å²) in [5.41, 5.74) is 4.15. The molecule has 1 saturated heterocycles. The molecule has 1 aliphatic heterocycles. The summed E-state index contributed by atoms with van der Waals surface area (Å²) < 4.78 is 0. The van der Waals surface area contributed by atoms with Gasteiger partial charge >= 0.3 is 0 Å². The zero-order chi connectivity index (χ0) is 16.8. The number of likely N-dealkylation sites (tertiary alicyclic amines) is 1. The van der Waals surface area contributed by atoms with Crippen LogP contribution in [0.3, 0.4) is 0 Å². The summed E-state index contributed by atoms with van der Waals surface area (Å²) in [6, 6.07) is 20.6. The van der Waals surface area contributed by atoms with Crippen LogP contribution >= 0.6 is 0 Å². The van der Waals surface area contributed by atoms with Crippen LogP contribution in [0.5, 0.6) is 0 Å². The number of rotatable bonds is 7. The number of aryl methyl sites for hydroxylation is 1. The lowest BCUT2D eigenvalue weighted by Crippen LogP contribution is -2.31. The molecular formula is C22H30N2. The smallest absolute Gasteiger partial charge is 0.0237 e. The quantitative estimate of drug-likeness (QED) is 0.741. The van der Waals surface area contributed by atoms with Crippen LogP contribution in [0, 0.1) is 6.92 Å². The third-order valence-electron chi connectivity index (χ3n) is 5.23. The van der Waals surface area contributed by atoms with Crippen molar-refractivity contribution in [1.82, 2.24) is 9.80 Å². The van der Waals surface area contributed by atoms with Crippen LogP contribution in [-0.2, 0) is 13.1 Å². The SMILES string of the molecule is Cc1ccc(CN(CC[C@@H]2CCCN2C)Cc2ccccc2)cc1. The van der Waals surface area contributed by atoms with Gasteiger partial charge in [-0.15, -0.1) is 0 Å². The molecule has 2 nitrogen and oxygen atoms in total. The summed E-state index contributed by atoms with van der Waals surface area (Å²) in [6.07, 6.45) is 3.99. The van der Waals surface area contributed by atoms with Gasteiger partial charge in [-0.05, 0) is 50.9 Å². The Bertz CT molecular complexity index is 606. The molecule has 0 saturated carbocycles. The molecule has 0 aromatic heterocycles. The molecule has 0 N–H and O–H groups in total. The van der Waals surface area contributed by atoms with Gasteiger partial charge in [0.05, 0.1) is 0 Å². The van der Waals surface area contributed by atoms with Gasteiger partial charge in [-0.3, -0.25) is 4.90 Å². The number of nitrogens with zero attached hydrogens (tertiary/aromatic N) is 2. The molecule has 0 bridgehead atoms. The molecule has 2 heteroatoms. The Hall–Kier alpha value is -1.64. The van der Waals surface area contributed by atoms with E-state index in [0.29, 0.717) is 0 Å². The normalized spacial score (nSPS) is 18.4. The van der Waals surface area contributed by atoms with Gasteiger partial charge in [0.15, 0.2) is 0 Å². The lowest BCUT2D eigenvalue weighted by Gasteiger charge is -2.26. The molecule has 0 amide bonds. The Kier molecular flexibility index (Phi) is 6.06. The lowest BCUT2D eigenvalue weighted by atomic mass is 10.1. The maximum atomic E-state index is 2.60. The monoisotopic (exact) mass is 322 g/mol. The molecule has 0 radical (unpaired) electrons. The van der Waals surface area contributed by atoms with Crippen molar-refractivity contribution in [2.45, 2.75) is 45.3 Å². The van der Waals surface area contributed by atoms with E-state index in [4.69, 9.17) is 0 Å². The summed E-state index contributed by atoms with van der Waals surface area (Å²) >= 11 is 0. The molecule has 1 atom stereocenters. The molecule has 1 heterocycles. The van der Waals surface area contributed by atoms with Gasteiger partial charge in [-0.2, -0.15) is 0 Å². The molecule has 0 aliphatic carbocycles. The molecule has 0 spiro atoms. The average molecular weight is 322 g/mol. The van der Waals surface area contributed by atoms with Crippen LogP contribution in [0.15, 0.2) is 54.6 Å². The highest BCUT2D eigenvalue weighted by Crippen LogP contribution is 2.19. The summed E-state index contributed by atoms with van der Waals surface area (Å²) in [7, 11) is 2.28. The number of hydrogen-bond acceptors (Lipinski definition) is 2. The number of hydrogen-bond donors (Lipinski definition) is 0. The minimum Gasteiger partial charge on any atom is -0.303 e. The largest absolute Gasteiger partial charge is 0.303 e. The maximum Gasteiger partial charge on any atom is 0.0237 e. The van der Waals surface area contributed by atoms with Crippen molar-refractivity contribution in [2.75, 3.05) is 20.1 Å². The highest BCUT2D eigenvalue weighted by molar-refractivity contribution is 5.21. The van der Waals surface area contributed by atoms with Crippen molar-refractivity contribution in [1.29, 1.82) is 0 Å². The van der Waals surface area contributed by atoms with Crippen molar-refractivity contribution in [3.05, 3.63) is 71.3 Å². The Labute approximate surface area is 147 Å². The molecule has 1 fully saturated rings. The van der Waals surface area contributed by atoms with Crippen LogP contribution < -0.4 is 0 Å². The second-order valence-electron chi connectivity index (χ2n) is 7.25. The van der Waals surface area contributed by atoms with Gasteiger partial charge in [0.25, 0.3) is 0 Å². The Morgan fingerprint density at radius 1 is 0.958 bits per heavy atom. The third-order valence-corrected chi connectivity index (χ3v) is 5.23. The molecule has 3 rings (SSSR count). The summed E-state index contributed by atoms with van der Waals surface area (Å²) in [5, 5.41) is 0. The Morgan fingerprint density at radius 2 is 1.62 bits per heavy atom. The van der Waals surface area contributed by atoms with E-state index in [1.807, 2.05) is 0 Å². The molecule has 1 aliphatic rings. The zero-order valence-corrected chi connectivity index (χ0v) is 15.1. The van der Waals surface area contributed by atoms with Crippen LogP contribution in [0.1, 0.15) is 36.0 Å². The minimum absolute atomic E-state index is 0.765. The van der Waals surface area contributed by atoms with Gasteiger partial charge in [0.2, 0.25) is 0 Å². The molecular weight excluding hydrogens is 292 g/mol. The Morgan fingerprint density at radius 3 is 2.25 bits per heavy atom. The van der Waals surface area contributed by atoms with Crippen molar-refractivity contribution in [2.24, 2.45) is 0 Å². The first-order valence-electron chi connectivity index (χ1n) is 9.23. The topological polar surface area (TPSA) is 6.48 Å². The van der Waals surface area contributed by atoms with Gasteiger partial charge in [-0.1, -0.05) is 60.2 Å². The van der Waals surface area contributed by atoms with Gasteiger partial charge in [0, 0.05) is 25.7 Å². The highest BCUT2D eigenvalue weighted by atomic mass is 15.2. The minimum atomic E-state index is 0.765. The van der Waals surface area contributed by atoms with E-state index in [1.54, 1.807) is 0 Å². The summed E-state index contributed by atoms with van der Waals surface area (Å²) in [5.74, 6) is 0. The molecule has 2 aromatic rings. The van der Waals surface area contributed by atoms with E-state index in [0.717, 1.165) is 25.7 Å². The van der Waals surface area contributed by atoms with E-state index in [-0.39, 0.29) is 0 Å². The van der Waals surface area contributed by atoms with Crippen LogP contribution in [-0.4, -0.2) is 36.0 Å². The fraction of sp³-hybridized carbons (Fsp3) is 0.455. The fourth-order valence-electron chi connectivity index (χ4n) is 3.68. The van der Waals surface area contributed by atoms with Gasteiger partial charge in [-0.25, -0.2) is 0 Å². The van der Waals surface area contributed by atoms with E-state index >= 15 is 0 Å². The molecule has 2 aromatic carbocycles.